The number of aryl methyl sites for hydroxylation is 1. The third kappa shape index (κ3) is 15.3. The average Bonchev–Trinajstić information content (AvgIpc) is 4.25. The number of carboxylic acids is 1. The predicted octanol–water partition coefficient (Wildman–Crippen LogP) is 14.8. The fraction of sp³-hybridized carbons (Fsp3) is 0.305. The lowest BCUT2D eigenvalue weighted by molar-refractivity contribution is -0.143. The summed E-state index contributed by atoms with van der Waals surface area (Å²) in [5, 5.41) is 25.0. The Labute approximate surface area is 484 Å². The second-order valence-corrected chi connectivity index (χ2v) is 21.4. The van der Waals surface area contributed by atoms with Crippen molar-refractivity contribution in [2.24, 2.45) is 11.8 Å². The number of aromatic hydroxyl groups is 1. The van der Waals surface area contributed by atoms with Crippen molar-refractivity contribution < 1.29 is 56.8 Å². The number of carbonyl (C=O) groups is 4. The summed E-state index contributed by atoms with van der Waals surface area (Å²) in [5.74, 6) is -2.51. The molecule has 4 aromatic carbocycles. The summed E-state index contributed by atoms with van der Waals surface area (Å²) in [6.07, 6.45) is 16.2. The number of ether oxygens (including phenoxy) is 3. The molecule has 4 N–H and O–H groups in total. The first-order valence-electron chi connectivity index (χ1n) is 25.7. The van der Waals surface area contributed by atoms with Crippen LogP contribution in [0.15, 0.2) is 110 Å². The number of hydrogen-bond donors (Lipinski definition) is 4. The van der Waals surface area contributed by atoms with Crippen LogP contribution in [-0.2, 0) is 21.7 Å². The highest BCUT2D eigenvalue weighted by Gasteiger charge is 2.45. The molecular formula is C59H53Cl4F3N6O9. The van der Waals surface area contributed by atoms with Crippen LogP contribution in [0.25, 0.3) is 15.7 Å². The van der Waals surface area contributed by atoms with E-state index in [1.165, 1.54) is 86.3 Å². The smallest absolute Gasteiger partial charge is 0.387 e. The fourth-order valence-corrected chi connectivity index (χ4v) is 10.3. The molecule has 3 aliphatic rings. The lowest BCUT2D eigenvalue weighted by Crippen LogP contribution is -2.31. The van der Waals surface area contributed by atoms with Crippen molar-refractivity contribution in [3.8, 4) is 23.0 Å². The van der Waals surface area contributed by atoms with Crippen molar-refractivity contribution in [2.75, 3.05) is 17.2 Å². The summed E-state index contributed by atoms with van der Waals surface area (Å²) in [4.78, 5) is 60.8. The zero-order valence-electron chi connectivity index (χ0n) is 43.4. The van der Waals surface area contributed by atoms with Crippen LogP contribution in [0.2, 0.25) is 20.1 Å². The maximum atomic E-state index is 13.2. The third-order valence-corrected chi connectivity index (χ3v) is 15.2. The van der Waals surface area contributed by atoms with Gasteiger partial charge in [0.15, 0.2) is 11.5 Å². The quantitative estimate of drug-likeness (QED) is 0.0408. The number of hydrogen-bond acceptors (Lipinski definition) is 10. The maximum Gasteiger partial charge on any atom is 0.387 e. The molecule has 422 valence electrons. The number of nitrogens with zero attached hydrogens (tertiary/aromatic N) is 4. The minimum atomic E-state index is -2.99. The lowest BCUT2D eigenvalue weighted by atomic mass is 9.73. The number of anilines is 2. The number of carboxylic acid groups (broad SMARTS) is 1. The standard InChI is InChI=1S/C22H14Cl2FN3O3.C20H25NO3.C17H14Cl2F2N2O3/c23-17-8-26-9-18(24)20(17)27-22(31)21(30)16-11-28(10-12-1-3-13(25)4-2-12)19-6-5-14(29)7-15(16)19;1-14-7-8-16(13-18(14)24-17-5-3-4-6-17)20(21-2)11-9-15(10-12-20)19(22)23;18-11-6-22-7-12(19)15(11)23-16(24)10-3-4-13(26-17(20)21)14(5-10)25-8-9-1-2-9/h1-9,11,29H,10H2,(H,26,27,31);7-8,13,15,17H,3-6,9-12H2,1H3,(H,22,23);3-7,9,17H,1-2,8H2,(H,22,23,24). The molecule has 0 atom stereocenters. The van der Waals surface area contributed by atoms with Crippen LogP contribution in [0.4, 0.5) is 24.5 Å². The molecule has 0 bridgehead atoms. The summed E-state index contributed by atoms with van der Waals surface area (Å²) < 4.78 is 56.3. The second kappa shape index (κ2) is 26.8. The van der Waals surface area contributed by atoms with Gasteiger partial charge in [-0.1, -0.05) is 70.7 Å². The Hall–Kier alpha value is -7.56. The van der Waals surface area contributed by atoms with E-state index >= 15 is 0 Å². The Balaban J connectivity index is 0.000000161. The Morgan fingerprint density at radius 3 is 2.01 bits per heavy atom. The van der Waals surface area contributed by atoms with Gasteiger partial charge in [0.05, 0.1) is 55.7 Å². The number of phenols is 1. The van der Waals surface area contributed by atoms with Gasteiger partial charge in [0, 0.05) is 72.4 Å². The zero-order chi connectivity index (χ0) is 58.0. The Bertz CT molecular complexity index is 3450. The van der Waals surface area contributed by atoms with Gasteiger partial charge in [0.25, 0.3) is 23.1 Å². The molecule has 3 heterocycles. The highest BCUT2D eigenvalue weighted by atomic mass is 35.5. The van der Waals surface area contributed by atoms with Crippen LogP contribution in [0.3, 0.4) is 0 Å². The first-order chi connectivity index (χ1) is 38.8. The number of alkyl halides is 2. The van der Waals surface area contributed by atoms with Crippen molar-refractivity contribution in [3.63, 3.8) is 0 Å². The van der Waals surface area contributed by atoms with Gasteiger partial charge in [0.1, 0.15) is 17.3 Å². The first-order valence-corrected chi connectivity index (χ1v) is 27.2. The highest BCUT2D eigenvalue weighted by Crippen LogP contribution is 2.45. The van der Waals surface area contributed by atoms with Gasteiger partial charge < -0.3 is 44.5 Å². The molecule has 10 rings (SSSR count). The number of phenolic OH excluding ortho intramolecular Hbond substituents is 1. The largest absolute Gasteiger partial charge is 0.508 e. The molecule has 3 fully saturated rings. The molecule has 81 heavy (non-hydrogen) atoms. The van der Waals surface area contributed by atoms with Gasteiger partial charge in [-0.3, -0.25) is 29.1 Å². The zero-order valence-corrected chi connectivity index (χ0v) is 46.4. The van der Waals surface area contributed by atoms with E-state index < -0.39 is 35.7 Å². The number of halogens is 7. The number of aromatic nitrogens is 3. The van der Waals surface area contributed by atoms with Crippen LogP contribution in [0.1, 0.15) is 102 Å². The molecule has 7 aromatic rings. The summed E-state index contributed by atoms with van der Waals surface area (Å²) in [5.41, 5.74) is 3.48. The molecule has 2 amide bonds. The van der Waals surface area contributed by atoms with Crippen LogP contribution in [0, 0.1) is 31.1 Å². The number of ketones is 1. The van der Waals surface area contributed by atoms with Crippen molar-refractivity contribution in [1.82, 2.24) is 14.5 Å². The van der Waals surface area contributed by atoms with E-state index in [-0.39, 0.29) is 71.6 Å². The number of carbonyl (C=O) groups excluding carboxylic acids is 3. The van der Waals surface area contributed by atoms with Crippen LogP contribution >= 0.6 is 46.4 Å². The van der Waals surface area contributed by atoms with E-state index in [2.05, 4.69) is 30.2 Å². The Morgan fingerprint density at radius 1 is 0.790 bits per heavy atom. The van der Waals surface area contributed by atoms with E-state index in [0.717, 1.165) is 48.1 Å². The summed E-state index contributed by atoms with van der Waals surface area (Å²) in [7, 11) is 0. The summed E-state index contributed by atoms with van der Waals surface area (Å²) in [6, 6.07) is 20.5. The van der Waals surface area contributed by atoms with Gasteiger partial charge >= 0.3 is 12.6 Å². The molecule has 0 unspecified atom stereocenters. The molecule has 15 nitrogen and oxygen atoms in total. The van der Waals surface area contributed by atoms with Gasteiger partial charge in [-0.25, -0.2) is 11.0 Å². The fourth-order valence-electron chi connectivity index (χ4n) is 9.38. The van der Waals surface area contributed by atoms with Crippen LogP contribution in [0.5, 0.6) is 23.0 Å². The van der Waals surface area contributed by atoms with Crippen molar-refractivity contribution in [2.45, 2.75) is 95.9 Å². The summed E-state index contributed by atoms with van der Waals surface area (Å²) in [6.45, 7) is 7.50. The van der Waals surface area contributed by atoms with E-state index in [1.807, 2.05) is 25.1 Å². The van der Waals surface area contributed by atoms with Gasteiger partial charge in [-0.2, -0.15) is 8.78 Å². The summed E-state index contributed by atoms with van der Waals surface area (Å²) >= 11 is 24.0. The number of rotatable bonds is 16. The molecule has 3 aromatic heterocycles. The van der Waals surface area contributed by atoms with E-state index in [9.17, 15) is 42.6 Å². The monoisotopic (exact) mass is 1190 g/mol. The molecule has 3 aliphatic carbocycles. The minimum absolute atomic E-state index is 0.0540. The molecule has 0 saturated heterocycles. The normalized spacial score (nSPS) is 16.7. The molecule has 0 aliphatic heterocycles. The van der Waals surface area contributed by atoms with Gasteiger partial charge in [-0.05, 0) is 130 Å². The number of benzene rings is 4. The Morgan fingerprint density at radius 2 is 1.42 bits per heavy atom. The van der Waals surface area contributed by atoms with E-state index in [1.54, 1.807) is 22.8 Å². The highest BCUT2D eigenvalue weighted by molar-refractivity contribution is 6.50. The second-order valence-electron chi connectivity index (χ2n) is 19.7. The lowest BCUT2D eigenvalue weighted by Gasteiger charge is -2.30. The number of pyridine rings is 2. The number of Topliss-reactive ketones (excluding diaryl/α,β-unsaturated/α-hetero) is 1. The number of nitrogens with one attached hydrogen (secondary N) is 2. The van der Waals surface area contributed by atoms with Crippen molar-refractivity contribution in [1.29, 1.82) is 0 Å². The molecule has 0 spiro atoms. The number of aliphatic carboxylic acids is 1. The minimum Gasteiger partial charge on any atom is -0.508 e. The van der Waals surface area contributed by atoms with Crippen molar-refractivity contribution in [3.05, 3.63) is 175 Å². The van der Waals surface area contributed by atoms with Gasteiger partial charge in [0.2, 0.25) is 0 Å². The SMILES string of the molecule is O=C(Nc1c(Cl)cncc1Cl)C(=O)c1cn(Cc2ccc(F)cc2)c2ccc(O)cc12.O=C(Nc1c(Cl)cncc1Cl)c1ccc(OC(F)F)c(OCC2CC2)c1.[C-]#[N+]C1(c2ccc(C)c(OC3CCCC3)c2)CCC(C(=O)O)CC1. The molecular weight excluding hydrogens is 1140 g/mol. The number of fused-ring (bicyclic) bond motifs is 1. The van der Waals surface area contributed by atoms with Crippen molar-refractivity contribution >= 4 is 92.2 Å². The first kappa shape index (κ1) is 59.6. The topological polar surface area (TPSA) is 196 Å². The van der Waals surface area contributed by atoms with Crippen LogP contribution < -0.4 is 24.8 Å². The Kier molecular flexibility index (Phi) is 19.7. The molecule has 0 radical (unpaired) electrons. The van der Waals surface area contributed by atoms with Crippen LogP contribution in [-0.4, -0.2) is 67.6 Å². The van der Waals surface area contributed by atoms with E-state index in [0.29, 0.717) is 61.8 Å². The predicted molar refractivity (Wildman–Crippen MR) is 302 cm³/mol. The average molecular weight is 1190 g/mol. The number of amides is 2. The maximum absolute atomic E-state index is 13.2. The van der Waals surface area contributed by atoms with Gasteiger partial charge in [-0.15, -0.1) is 0 Å². The molecule has 22 heteroatoms. The molecule has 3 saturated carbocycles. The third-order valence-electron chi connectivity index (χ3n) is 14.1. The van der Waals surface area contributed by atoms with E-state index in [4.69, 9.17) is 62.4 Å².